The van der Waals surface area contributed by atoms with Crippen LogP contribution in [0.2, 0.25) is 0 Å². The summed E-state index contributed by atoms with van der Waals surface area (Å²) >= 11 is 0. The van der Waals surface area contributed by atoms with Crippen LogP contribution in [0.5, 0.6) is 0 Å². The summed E-state index contributed by atoms with van der Waals surface area (Å²) in [6, 6.07) is 9.28. The standard InChI is InChI=1S/C24H26N4O4/c25-15-23(10-11-23)27-22(31)24(8-2-1-3-9-24)26-21(30)19-14-16-13-17(6-7-18(16)32-19)28-12-4-5-20(28)29/h6-7,13-14H,1-5,8-12H2,(H,26,30)(H,27,31). The predicted octanol–water partition coefficient (Wildman–Crippen LogP) is 3.16. The zero-order valence-corrected chi connectivity index (χ0v) is 17.9. The first-order valence-corrected chi connectivity index (χ1v) is 11.3. The lowest BCUT2D eigenvalue weighted by atomic mass is 9.80. The molecule has 0 bridgehead atoms. The summed E-state index contributed by atoms with van der Waals surface area (Å²) in [5.74, 6) is -0.500. The zero-order chi connectivity index (χ0) is 22.3. The summed E-state index contributed by atoms with van der Waals surface area (Å²) in [5.41, 5.74) is -0.473. The molecule has 1 saturated heterocycles. The van der Waals surface area contributed by atoms with Gasteiger partial charge in [0.15, 0.2) is 5.76 Å². The fourth-order valence-electron chi connectivity index (χ4n) is 4.80. The second-order valence-electron chi connectivity index (χ2n) is 9.23. The van der Waals surface area contributed by atoms with Gasteiger partial charge in [-0.2, -0.15) is 5.26 Å². The van der Waals surface area contributed by atoms with Gasteiger partial charge in [-0.3, -0.25) is 14.4 Å². The predicted molar refractivity (Wildman–Crippen MR) is 117 cm³/mol. The average Bonchev–Trinajstić information content (AvgIpc) is 3.22. The number of rotatable bonds is 5. The Bertz CT molecular complexity index is 1130. The molecule has 2 aliphatic carbocycles. The van der Waals surface area contributed by atoms with Crippen molar-refractivity contribution in [2.24, 2.45) is 0 Å². The van der Waals surface area contributed by atoms with Crippen molar-refractivity contribution in [1.82, 2.24) is 10.6 Å². The number of hydrogen-bond donors (Lipinski definition) is 2. The fourth-order valence-corrected chi connectivity index (χ4v) is 4.80. The third-order valence-corrected chi connectivity index (χ3v) is 6.92. The van der Waals surface area contributed by atoms with E-state index in [9.17, 15) is 19.6 Å². The highest BCUT2D eigenvalue weighted by Gasteiger charge is 2.50. The number of fused-ring (bicyclic) bond motifs is 1. The number of nitriles is 1. The largest absolute Gasteiger partial charge is 0.451 e. The number of nitrogens with one attached hydrogen (secondary N) is 2. The number of amides is 3. The van der Waals surface area contributed by atoms with Crippen LogP contribution in [0.15, 0.2) is 28.7 Å². The molecule has 2 aromatic rings. The fraction of sp³-hybridized carbons (Fsp3) is 0.500. The summed E-state index contributed by atoms with van der Waals surface area (Å²) < 4.78 is 5.78. The van der Waals surface area contributed by atoms with Gasteiger partial charge in [-0.15, -0.1) is 0 Å². The highest BCUT2D eigenvalue weighted by molar-refractivity contribution is 6.02. The Labute approximate surface area is 185 Å². The van der Waals surface area contributed by atoms with Crippen molar-refractivity contribution in [2.45, 2.75) is 68.9 Å². The number of carbonyl (C=O) groups is 3. The first-order valence-electron chi connectivity index (χ1n) is 11.3. The third kappa shape index (κ3) is 3.62. The molecular formula is C24H26N4O4. The molecule has 0 radical (unpaired) electrons. The van der Waals surface area contributed by atoms with Crippen molar-refractivity contribution < 1.29 is 18.8 Å². The maximum absolute atomic E-state index is 13.2. The number of hydrogen-bond acceptors (Lipinski definition) is 5. The highest BCUT2D eigenvalue weighted by atomic mass is 16.3. The molecule has 0 spiro atoms. The molecule has 8 heteroatoms. The third-order valence-electron chi connectivity index (χ3n) is 6.92. The van der Waals surface area contributed by atoms with Crippen LogP contribution in [0.4, 0.5) is 5.69 Å². The minimum atomic E-state index is -1.03. The lowest BCUT2D eigenvalue weighted by Gasteiger charge is -2.37. The SMILES string of the molecule is N#CC1(NC(=O)C2(NC(=O)c3cc4cc(N5CCCC5=O)ccc4o3)CCCCC2)CC1. The van der Waals surface area contributed by atoms with Crippen LogP contribution in [0.25, 0.3) is 11.0 Å². The molecule has 166 valence electrons. The Morgan fingerprint density at radius 1 is 1.03 bits per heavy atom. The maximum atomic E-state index is 13.2. The first-order chi connectivity index (χ1) is 15.4. The molecule has 0 atom stereocenters. The molecule has 3 fully saturated rings. The molecule has 0 unspecified atom stereocenters. The molecule has 32 heavy (non-hydrogen) atoms. The highest BCUT2D eigenvalue weighted by Crippen LogP contribution is 2.37. The van der Waals surface area contributed by atoms with Gasteiger partial charge in [0.2, 0.25) is 11.8 Å². The van der Waals surface area contributed by atoms with E-state index >= 15 is 0 Å². The zero-order valence-electron chi connectivity index (χ0n) is 17.9. The summed E-state index contributed by atoms with van der Waals surface area (Å²) in [7, 11) is 0. The van der Waals surface area contributed by atoms with Crippen LogP contribution < -0.4 is 15.5 Å². The molecule has 3 aliphatic rings. The van der Waals surface area contributed by atoms with Gasteiger partial charge in [-0.05, 0) is 56.4 Å². The number of nitrogens with zero attached hydrogens (tertiary/aromatic N) is 2. The number of benzene rings is 1. The van der Waals surface area contributed by atoms with Gasteiger partial charge in [0.25, 0.3) is 5.91 Å². The smallest absolute Gasteiger partial charge is 0.287 e. The van der Waals surface area contributed by atoms with Crippen LogP contribution in [0.3, 0.4) is 0 Å². The van der Waals surface area contributed by atoms with Crippen molar-refractivity contribution in [3.05, 3.63) is 30.0 Å². The van der Waals surface area contributed by atoms with E-state index in [0.29, 0.717) is 44.2 Å². The van der Waals surface area contributed by atoms with E-state index in [4.69, 9.17) is 4.42 Å². The second-order valence-corrected chi connectivity index (χ2v) is 9.23. The molecular weight excluding hydrogens is 408 g/mol. The van der Waals surface area contributed by atoms with Crippen LogP contribution >= 0.6 is 0 Å². The van der Waals surface area contributed by atoms with Gasteiger partial charge in [0.05, 0.1) is 6.07 Å². The topological polar surface area (TPSA) is 115 Å². The van der Waals surface area contributed by atoms with Crippen LogP contribution in [-0.4, -0.2) is 35.3 Å². The van der Waals surface area contributed by atoms with E-state index in [-0.39, 0.29) is 17.6 Å². The average molecular weight is 434 g/mol. The normalized spacial score (nSPS) is 21.2. The van der Waals surface area contributed by atoms with Gasteiger partial charge in [0.1, 0.15) is 16.7 Å². The Balaban J connectivity index is 1.37. The monoisotopic (exact) mass is 434 g/mol. The lowest BCUT2D eigenvalue weighted by Crippen LogP contribution is -2.61. The van der Waals surface area contributed by atoms with E-state index in [2.05, 4.69) is 16.7 Å². The van der Waals surface area contributed by atoms with E-state index in [1.807, 2.05) is 12.1 Å². The molecule has 1 aromatic carbocycles. The van der Waals surface area contributed by atoms with E-state index in [1.54, 1.807) is 17.0 Å². The van der Waals surface area contributed by atoms with Crippen molar-refractivity contribution in [2.75, 3.05) is 11.4 Å². The van der Waals surface area contributed by atoms with Crippen molar-refractivity contribution in [3.8, 4) is 6.07 Å². The summed E-state index contributed by atoms with van der Waals surface area (Å²) in [5, 5.41) is 15.9. The first kappa shape index (κ1) is 20.6. The summed E-state index contributed by atoms with van der Waals surface area (Å²) in [6.45, 7) is 0.692. The van der Waals surface area contributed by atoms with Gasteiger partial charge in [0, 0.05) is 24.0 Å². The van der Waals surface area contributed by atoms with Crippen molar-refractivity contribution >= 4 is 34.4 Å². The molecule has 1 aliphatic heterocycles. The maximum Gasteiger partial charge on any atom is 0.287 e. The number of anilines is 1. The minimum Gasteiger partial charge on any atom is -0.451 e. The Morgan fingerprint density at radius 3 is 2.47 bits per heavy atom. The molecule has 2 heterocycles. The lowest BCUT2D eigenvalue weighted by molar-refractivity contribution is -0.129. The number of furan rings is 1. The molecule has 2 N–H and O–H groups in total. The van der Waals surface area contributed by atoms with Gasteiger partial charge in [-0.1, -0.05) is 19.3 Å². The molecule has 5 rings (SSSR count). The van der Waals surface area contributed by atoms with Gasteiger partial charge >= 0.3 is 0 Å². The molecule has 2 saturated carbocycles. The summed E-state index contributed by atoms with van der Waals surface area (Å²) in [4.78, 5) is 40.1. The molecule has 8 nitrogen and oxygen atoms in total. The van der Waals surface area contributed by atoms with Gasteiger partial charge in [-0.25, -0.2) is 0 Å². The van der Waals surface area contributed by atoms with Gasteiger partial charge < -0.3 is 20.0 Å². The van der Waals surface area contributed by atoms with E-state index in [0.717, 1.165) is 36.8 Å². The second kappa shape index (κ2) is 7.66. The van der Waals surface area contributed by atoms with Crippen LogP contribution in [-0.2, 0) is 9.59 Å². The van der Waals surface area contributed by atoms with E-state index in [1.165, 1.54) is 0 Å². The quantitative estimate of drug-likeness (QED) is 0.750. The van der Waals surface area contributed by atoms with Crippen molar-refractivity contribution in [1.29, 1.82) is 5.26 Å². The number of carbonyl (C=O) groups excluding carboxylic acids is 3. The Kier molecular flexibility index (Phi) is 4.92. The molecule has 3 amide bonds. The Hall–Kier alpha value is -3.34. The van der Waals surface area contributed by atoms with Crippen LogP contribution in [0.1, 0.15) is 68.3 Å². The van der Waals surface area contributed by atoms with E-state index < -0.39 is 17.0 Å². The van der Waals surface area contributed by atoms with Crippen molar-refractivity contribution in [3.63, 3.8) is 0 Å². The Morgan fingerprint density at radius 2 is 1.81 bits per heavy atom. The summed E-state index contributed by atoms with van der Waals surface area (Å²) in [6.07, 6.45) is 6.43. The minimum absolute atomic E-state index is 0.0990. The molecule has 1 aromatic heterocycles. The van der Waals surface area contributed by atoms with Crippen LogP contribution in [0, 0.1) is 11.3 Å².